The van der Waals surface area contributed by atoms with E-state index in [0.717, 1.165) is 4.47 Å². The number of rotatable bonds is 4. The smallest absolute Gasteiger partial charge is 0.411 e. The molecule has 1 aromatic heterocycles. The molecular weight excluding hydrogens is 345 g/mol. The van der Waals surface area contributed by atoms with Gasteiger partial charge in [-0.2, -0.15) is 0 Å². The van der Waals surface area contributed by atoms with Gasteiger partial charge in [-0.3, -0.25) is 10.3 Å². The van der Waals surface area contributed by atoms with Crippen molar-refractivity contribution in [1.29, 1.82) is 0 Å². The summed E-state index contributed by atoms with van der Waals surface area (Å²) in [7, 11) is 3.83. The van der Waals surface area contributed by atoms with Gasteiger partial charge < -0.3 is 9.64 Å². The molecule has 0 atom stereocenters. The molecule has 0 aromatic carbocycles. The molecule has 1 aromatic rings. The molecule has 0 saturated carbocycles. The van der Waals surface area contributed by atoms with E-state index in [1.807, 2.05) is 19.0 Å². The monoisotopic (exact) mass is 359 g/mol. The zero-order valence-electron chi connectivity index (χ0n) is 10.1. The zero-order chi connectivity index (χ0) is 12.0. The van der Waals surface area contributed by atoms with E-state index in [0.29, 0.717) is 18.8 Å². The average molecular weight is 361 g/mol. The largest absolute Gasteiger partial charge is 0.448 e. The van der Waals surface area contributed by atoms with Gasteiger partial charge in [0.05, 0.1) is 10.2 Å². The van der Waals surface area contributed by atoms with Gasteiger partial charge in [-0.05, 0) is 36.1 Å². The van der Waals surface area contributed by atoms with Crippen molar-refractivity contribution >= 4 is 52.5 Å². The molecule has 0 radical (unpaired) electrons. The van der Waals surface area contributed by atoms with Crippen LogP contribution in [0.3, 0.4) is 0 Å². The quantitative estimate of drug-likeness (QED) is 0.896. The Hall–Kier alpha value is -0.560. The van der Waals surface area contributed by atoms with Crippen molar-refractivity contribution in [2.75, 3.05) is 32.6 Å². The summed E-state index contributed by atoms with van der Waals surface area (Å²) in [6.07, 6.45) is 2.74. The van der Waals surface area contributed by atoms with Crippen molar-refractivity contribution in [1.82, 2.24) is 9.88 Å². The van der Waals surface area contributed by atoms with Gasteiger partial charge in [0.2, 0.25) is 0 Å². The molecule has 5 nitrogen and oxygen atoms in total. The number of nitrogens with one attached hydrogen (secondary N) is 1. The van der Waals surface area contributed by atoms with Gasteiger partial charge in [-0.15, -0.1) is 24.8 Å². The van der Waals surface area contributed by atoms with Crippen LogP contribution in [-0.4, -0.2) is 43.2 Å². The molecule has 8 heteroatoms. The Morgan fingerprint density at radius 2 is 2.17 bits per heavy atom. The van der Waals surface area contributed by atoms with E-state index in [-0.39, 0.29) is 24.8 Å². The van der Waals surface area contributed by atoms with Crippen LogP contribution in [0, 0.1) is 0 Å². The standard InChI is InChI=1S/C10H14BrN3O2.2ClH/c1-14(2)5-6-16-10(15)13-9-3-4-12-7-8(9)11;;/h3-4,7H,5-6H2,1-2H3,(H,12,13,15);2*1H. The topological polar surface area (TPSA) is 54.5 Å². The number of hydrogen-bond donors (Lipinski definition) is 1. The molecule has 0 unspecified atom stereocenters. The first-order valence-corrected chi connectivity index (χ1v) is 5.57. The Bertz CT molecular complexity index is 367. The predicted octanol–water partition coefficient (Wildman–Crippen LogP) is 2.80. The summed E-state index contributed by atoms with van der Waals surface area (Å²) in [6, 6.07) is 1.69. The van der Waals surface area contributed by atoms with Crippen LogP contribution in [0.2, 0.25) is 0 Å². The van der Waals surface area contributed by atoms with Gasteiger partial charge in [-0.1, -0.05) is 0 Å². The summed E-state index contributed by atoms with van der Waals surface area (Å²) in [4.78, 5) is 17.2. The van der Waals surface area contributed by atoms with Crippen LogP contribution in [-0.2, 0) is 4.74 Å². The Morgan fingerprint density at radius 1 is 1.50 bits per heavy atom. The lowest BCUT2D eigenvalue weighted by molar-refractivity contribution is 0.151. The highest BCUT2D eigenvalue weighted by molar-refractivity contribution is 9.10. The van der Waals surface area contributed by atoms with Gasteiger partial charge in [-0.25, -0.2) is 4.79 Å². The Labute approximate surface area is 127 Å². The fraction of sp³-hybridized carbons (Fsp3) is 0.400. The van der Waals surface area contributed by atoms with Crippen LogP contribution in [0.4, 0.5) is 10.5 Å². The van der Waals surface area contributed by atoms with E-state index >= 15 is 0 Å². The van der Waals surface area contributed by atoms with Crippen molar-refractivity contribution < 1.29 is 9.53 Å². The molecule has 1 rings (SSSR count). The molecule has 0 aliphatic rings. The SMILES string of the molecule is CN(C)CCOC(=O)Nc1ccncc1Br.Cl.Cl. The van der Waals surface area contributed by atoms with Crippen molar-refractivity contribution in [3.05, 3.63) is 22.9 Å². The number of anilines is 1. The second kappa shape index (κ2) is 10.4. The summed E-state index contributed by atoms with van der Waals surface area (Å²) in [5.41, 5.74) is 0.643. The van der Waals surface area contributed by atoms with Gasteiger partial charge in [0, 0.05) is 18.9 Å². The zero-order valence-corrected chi connectivity index (χ0v) is 13.3. The van der Waals surface area contributed by atoms with E-state index in [2.05, 4.69) is 26.2 Å². The maximum Gasteiger partial charge on any atom is 0.411 e. The molecule has 1 N–H and O–H groups in total. The molecule has 0 saturated heterocycles. The van der Waals surface area contributed by atoms with E-state index in [1.165, 1.54) is 0 Å². The highest BCUT2D eigenvalue weighted by Gasteiger charge is 2.05. The second-order valence-corrected chi connectivity index (χ2v) is 4.27. The highest BCUT2D eigenvalue weighted by atomic mass is 79.9. The number of halogens is 3. The number of hydrogen-bond acceptors (Lipinski definition) is 4. The van der Waals surface area contributed by atoms with Crippen LogP contribution in [0.15, 0.2) is 22.9 Å². The molecule has 1 heterocycles. The van der Waals surface area contributed by atoms with Gasteiger partial charge in [0.25, 0.3) is 0 Å². The van der Waals surface area contributed by atoms with Crippen molar-refractivity contribution in [2.24, 2.45) is 0 Å². The van der Waals surface area contributed by atoms with E-state index in [4.69, 9.17) is 4.74 Å². The minimum Gasteiger partial charge on any atom is -0.448 e. The first-order chi connectivity index (χ1) is 7.59. The molecule has 0 aliphatic carbocycles. The van der Waals surface area contributed by atoms with E-state index in [9.17, 15) is 4.79 Å². The number of amides is 1. The lowest BCUT2D eigenvalue weighted by Crippen LogP contribution is -2.22. The Kier molecular flexibility index (Phi) is 11.4. The lowest BCUT2D eigenvalue weighted by Gasteiger charge is -2.11. The minimum absolute atomic E-state index is 0. The molecule has 18 heavy (non-hydrogen) atoms. The fourth-order valence-electron chi connectivity index (χ4n) is 0.944. The number of likely N-dealkylation sites (N-methyl/N-ethyl adjacent to an activating group) is 1. The summed E-state index contributed by atoms with van der Waals surface area (Å²) in [5, 5.41) is 2.62. The number of aromatic nitrogens is 1. The summed E-state index contributed by atoms with van der Waals surface area (Å²) < 4.78 is 5.70. The van der Waals surface area contributed by atoms with Crippen LogP contribution < -0.4 is 5.32 Å². The molecule has 0 aliphatic heterocycles. The Morgan fingerprint density at radius 3 is 2.72 bits per heavy atom. The van der Waals surface area contributed by atoms with Gasteiger partial charge in [0.15, 0.2) is 0 Å². The number of carbonyl (C=O) groups excluding carboxylic acids is 1. The second-order valence-electron chi connectivity index (χ2n) is 3.42. The number of ether oxygens (including phenoxy) is 1. The Balaban J connectivity index is 0. The molecular formula is C10H16BrCl2N3O2. The summed E-state index contributed by atoms with van der Waals surface area (Å²) >= 11 is 3.28. The maximum atomic E-state index is 11.4. The highest BCUT2D eigenvalue weighted by Crippen LogP contribution is 2.19. The van der Waals surface area contributed by atoms with Crippen molar-refractivity contribution in [3.8, 4) is 0 Å². The third-order valence-corrected chi connectivity index (χ3v) is 2.41. The molecule has 0 bridgehead atoms. The normalized spacial score (nSPS) is 9.11. The third kappa shape index (κ3) is 7.71. The fourth-order valence-corrected chi connectivity index (χ4v) is 1.29. The predicted molar refractivity (Wildman–Crippen MR) is 80.0 cm³/mol. The first kappa shape index (κ1) is 19.8. The van der Waals surface area contributed by atoms with Crippen LogP contribution in [0.25, 0.3) is 0 Å². The molecule has 104 valence electrons. The summed E-state index contributed by atoms with van der Waals surface area (Å²) in [6.45, 7) is 1.06. The average Bonchev–Trinajstić information content (AvgIpc) is 2.21. The van der Waals surface area contributed by atoms with E-state index < -0.39 is 6.09 Å². The van der Waals surface area contributed by atoms with Crippen molar-refractivity contribution in [2.45, 2.75) is 0 Å². The van der Waals surface area contributed by atoms with Crippen LogP contribution in [0.1, 0.15) is 0 Å². The van der Waals surface area contributed by atoms with Crippen molar-refractivity contribution in [3.63, 3.8) is 0 Å². The summed E-state index contributed by atoms with van der Waals surface area (Å²) in [5.74, 6) is 0. The number of nitrogens with zero attached hydrogens (tertiary/aromatic N) is 2. The van der Waals surface area contributed by atoms with E-state index in [1.54, 1.807) is 18.5 Å². The number of carbonyl (C=O) groups is 1. The van der Waals surface area contributed by atoms with Gasteiger partial charge in [0.1, 0.15) is 6.61 Å². The molecule has 0 spiro atoms. The number of pyridine rings is 1. The maximum absolute atomic E-state index is 11.4. The van der Waals surface area contributed by atoms with Crippen LogP contribution in [0.5, 0.6) is 0 Å². The van der Waals surface area contributed by atoms with Crippen LogP contribution >= 0.6 is 40.7 Å². The third-order valence-electron chi connectivity index (χ3n) is 1.78. The van der Waals surface area contributed by atoms with Gasteiger partial charge >= 0.3 is 6.09 Å². The minimum atomic E-state index is -0.464. The molecule has 0 fully saturated rings. The molecule has 1 amide bonds. The first-order valence-electron chi connectivity index (χ1n) is 4.77. The lowest BCUT2D eigenvalue weighted by atomic mass is 10.4.